The third kappa shape index (κ3) is 2.32. The molecule has 0 atom stereocenters. The van der Waals surface area contributed by atoms with Crippen LogP contribution in [0.4, 0.5) is 0 Å². The zero-order chi connectivity index (χ0) is 10.7. The zero-order valence-corrected chi connectivity index (χ0v) is 9.33. The lowest BCUT2D eigenvalue weighted by molar-refractivity contribution is 0.391. The molecule has 1 fully saturated rings. The smallest absolute Gasteiger partial charge is 0.122 e. The average Bonchev–Trinajstić information content (AvgIpc) is 2.66. The second-order valence-corrected chi connectivity index (χ2v) is 4.56. The molecule has 0 amide bonds. The van der Waals surface area contributed by atoms with E-state index in [1.54, 1.807) is 7.11 Å². The summed E-state index contributed by atoms with van der Waals surface area (Å²) in [6.07, 6.45) is 5.77. The number of methoxy groups -OCH3 is 1. The minimum Gasteiger partial charge on any atom is -0.496 e. The minimum atomic E-state index is 0.00856. The number of rotatable bonds is 3. The predicted molar refractivity (Wildman–Crippen MR) is 62.1 cm³/mol. The van der Waals surface area contributed by atoms with Gasteiger partial charge in [-0.3, -0.25) is 0 Å². The molecule has 0 aliphatic heterocycles. The molecule has 0 aromatic heterocycles. The van der Waals surface area contributed by atoms with E-state index in [2.05, 4.69) is 12.1 Å². The molecular weight excluding hydrogens is 186 g/mol. The van der Waals surface area contributed by atoms with Crippen LogP contribution in [0.25, 0.3) is 0 Å². The first-order valence-electron chi connectivity index (χ1n) is 5.64. The average molecular weight is 205 g/mol. The van der Waals surface area contributed by atoms with E-state index in [0.717, 1.165) is 25.0 Å². The van der Waals surface area contributed by atoms with Crippen molar-refractivity contribution in [3.8, 4) is 5.75 Å². The second-order valence-electron chi connectivity index (χ2n) is 4.56. The third-order valence-electron chi connectivity index (χ3n) is 3.33. The monoisotopic (exact) mass is 205 g/mol. The van der Waals surface area contributed by atoms with E-state index in [-0.39, 0.29) is 5.54 Å². The number of hydrogen-bond donors (Lipinski definition) is 1. The maximum atomic E-state index is 6.36. The van der Waals surface area contributed by atoms with E-state index in [1.807, 2.05) is 12.1 Å². The molecule has 2 N–H and O–H groups in total. The largest absolute Gasteiger partial charge is 0.496 e. The van der Waals surface area contributed by atoms with Crippen LogP contribution in [-0.2, 0) is 6.42 Å². The lowest BCUT2D eigenvalue weighted by Gasteiger charge is -2.24. The highest BCUT2D eigenvalue weighted by Crippen LogP contribution is 2.32. The zero-order valence-electron chi connectivity index (χ0n) is 9.33. The van der Waals surface area contributed by atoms with Gasteiger partial charge >= 0.3 is 0 Å². The Labute approximate surface area is 91.4 Å². The molecule has 1 aliphatic rings. The number of para-hydroxylation sites is 1. The van der Waals surface area contributed by atoms with Gasteiger partial charge in [-0.1, -0.05) is 31.0 Å². The van der Waals surface area contributed by atoms with Crippen LogP contribution in [0.2, 0.25) is 0 Å². The fourth-order valence-electron chi connectivity index (χ4n) is 2.48. The maximum Gasteiger partial charge on any atom is 0.122 e. The number of ether oxygens (including phenoxy) is 1. The van der Waals surface area contributed by atoms with Gasteiger partial charge in [-0.25, -0.2) is 0 Å². The molecule has 0 unspecified atom stereocenters. The highest BCUT2D eigenvalue weighted by Gasteiger charge is 2.30. The van der Waals surface area contributed by atoms with E-state index in [1.165, 1.54) is 18.4 Å². The first kappa shape index (κ1) is 10.5. The molecule has 1 aromatic rings. The van der Waals surface area contributed by atoms with Crippen LogP contribution in [0.5, 0.6) is 5.75 Å². The van der Waals surface area contributed by atoms with E-state index >= 15 is 0 Å². The topological polar surface area (TPSA) is 35.2 Å². The first-order chi connectivity index (χ1) is 7.23. The minimum absolute atomic E-state index is 0.00856. The molecule has 0 saturated heterocycles. The van der Waals surface area contributed by atoms with Gasteiger partial charge in [0, 0.05) is 5.54 Å². The lowest BCUT2D eigenvalue weighted by Crippen LogP contribution is -2.38. The Morgan fingerprint density at radius 1 is 1.27 bits per heavy atom. The molecule has 0 bridgehead atoms. The Morgan fingerprint density at radius 3 is 2.60 bits per heavy atom. The highest BCUT2D eigenvalue weighted by molar-refractivity contribution is 5.34. The van der Waals surface area contributed by atoms with E-state index in [9.17, 15) is 0 Å². The number of nitrogens with two attached hydrogens (primary N) is 1. The number of hydrogen-bond acceptors (Lipinski definition) is 2. The van der Waals surface area contributed by atoms with Crippen LogP contribution in [0.3, 0.4) is 0 Å². The van der Waals surface area contributed by atoms with Crippen LogP contribution in [0.1, 0.15) is 31.2 Å². The van der Waals surface area contributed by atoms with Gasteiger partial charge in [0.25, 0.3) is 0 Å². The van der Waals surface area contributed by atoms with Crippen LogP contribution in [-0.4, -0.2) is 12.6 Å². The third-order valence-corrected chi connectivity index (χ3v) is 3.33. The quantitative estimate of drug-likeness (QED) is 0.823. The Bertz CT molecular complexity index is 329. The molecule has 2 heteroatoms. The van der Waals surface area contributed by atoms with Gasteiger partial charge in [-0.2, -0.15) is 0 Å². The van der Waals surface area contributed by atoms with Crippen molar-refractivity contribution in [2.45, 2.75) is 37.6 Å². The summed E-state index contributed by atoms with van der Waals surface area (Å²) in [7, 11) is 1.72. The molecule has 1 aliphatic carbocycles. The molecule has 2 nitrogen and oxygen atoms in total. The maximum absolute atomic E-state index is 6.36. The van der Waals surface area contributed by atoms with Crippen LogP contribution >= 0.6 is 0 Å². The van der Waals surface area contributed by atoms with E-state index in [0.29, 0.717) is 0 Å². The van der Waals surface area contributed by atoms with Crippen molar-refractivity contribution in [2.75, 3.05) is 7.11 Å². The Kier molecular flexibility index (Phi) is 2.96. The molecule has 2 rings (SSSR count). The molecule has 1 saturated carbocycles. The van der Waals surface area contributed by atoms with Gasteiger partial charge in [-0.05, 0) is 30.9 Å². The van der Waals surface area contributed by atoms with Crippen molar-refractivity contribution in [3.05, 3.63) is 29.8 Å². The highest BCUT2D eigenvalue weighted by atomic mass is 16.5. The van der Waals surface area contributed by atoms with Gasteiger partial charge in [-0.15, -0.1) is 0 Å². The van der Waals surface area contributed by atoms with Crippen LogP contribution in [0.15, 0.2) is 24.3 Å². The van der Waals surface area contributed by atoms with Gasteiger partial charge < -0.3 is 10.5 Å². The Morgan fingerprint density at radius 2 is 1.93 bits per heavy atom. The summed E-state index contributed by atoms with van der Waals surface area (Å²) in [5.41, 5.74) is 7.61. The van der Waals surface area contributed by atoms with Crippen LogP contribution in [0, 0.1) is 0 Å². The van der Waals surface area contributed by atoms with Crippen molar-refractivity contribution in [1.29, 1.82) is 0 Å². The standard InChI is InChI=1S/C13H19NO/c1-15-12-7-3-2-6-11(12)10-13(14)8-4-5-9-13/h2-3,6-7H,4-5,8-10,14H2,1H3. The summed E-state index contributed by atoms with van der Waals surface area (Å²) in [6.45, 7) is 0. The van der Waals surface area contributed by atoms with E-state index in [4.69, 9.17) is 10.5 Å². The molecule has 82 valence electrons. The summed E-state index contributed by atoms with van der Waals surface area (Å²) < 4.78 is 5.35. The first-order valence-corrected chi connectivity index (χ1v) is 5.64. The van der Waals surface area contributed by atoms with Crippen molar-refractivity contribution in [2.24, 2.45) is 5.73 Å². The molecule has 0 spiro atoms. The van der Waals surface area contributed by atoms with Crippen LogP contribution < -0.4 is 10.5 Å². The fraction of sp³-hybridized carbons (Fsp3) is 0.538. The predicted octanol–water partition coefficient (Wildman–Crippen LogP) is 2.51. The summed E-state index contributed by atoms with van der Waals surface area (Å²) in [5.74, 6) is 0.967. The molecular formula is C13H19NO. The summed E-state index contributed by atoms with van der Waals surface area (Å²) in [5, 5.41) is 0. The SMILES string of the molecule is COc1ccccc1CC1(N)CCCC1. The normalized spacial score (nSPS) is 19.1. The van der Waals surface area contributed by atoms with Crippen molar-refractivity contribution < 1.29 is 4.74 Å². The lowest BCUT2D eigenvalue weighted by atomic mass is 9.90. The summed E-state index contributed by atoms with van der Waals surface area (Å²) in [6, 6.07) is 8.18. The number of benzene rings is 1. The van der Waals surface area contributed by atoms with Crippen molar-refractivity contribution in [1.82, 2.24) is 0 Å². The van der Waals surface area contributed by atoms with Crippen molar-refractivity contribution >= 4 is 0 Å². The fourth-order valence-corrected chi connectivity index (χ4v) is 2.48. The van der Waals surface area contributed by atoms with E-state index < -0.39 is 0 Å². The second kappa shape index (κ2) is 4.23. The summed E-state index contributed by atoms with van der Waals surface area (Å²) in [4.78, 5) is 0. The van der Waals surface area contributed by atoms with Crippen molar-refractivity contribution in [3.63, 3.8) is 0 Å². The molecule has 1 aromatic carbocycles. The molecule has 0 heterocycles. The molecule has 15 heavy (non-hydrogen) atoms. The molecule has 0 radical (unpaired) electrons. The van der Waals surface area contributed by atoms with Gasteiger partial charge in [0.15, 0.2) is 0 Å². The van der Waals surface area contributed by atoms with Gasteiger partial charge in [0.2, 0.25) is 0 Å². The van der Waals surface area contributed by atoms with Gasteiger partial charge in [0.1, 0.15) is 5.75 Å². The summed E-state index contributed by atoms with van der Waals surface area (Å²) >= 11 is 0. The Balaban J connectivity index is 2.16. The van der Waals surface area contributed by atoms with Gasteiger partial charge in [0.05, 0.1) is 7.11 Å². The Hall–Kier alpha value is -1.02.